The highest BCUT2D eigenvalue weighted by Crippen LogP contribution is 2.19. The minimum Gasteiger partial charge on any atom is -0.306 e. The normalized spacial score (nSPS) is 12.0. The Morgan fingerprint density at radius 1 is 0.696 bits per heavy atom. The lowest BCUT2D eigenvalue weighted by molar-refractivity contribution is 0.530. The number of nitrogens with one attached hydrogen (secondary N) is 1. The minimum atomic E-state index is 0.286. The molecule has 0 unspecified atom stereocenters. The minimum absolute atomic E-state index is 0.286. The van der Waals surface area contributed by atoms with Crippen LogP contribution in [0.2, 0.25) is 5.02 Å². The third-order valence-electron chi connectivity index (χ3n) is 3.95. The van der Waals surface area contributed by atoms with Crippen LogP contribution >= 0.6 is 11.6 Å². The molecule has 0 aliphatic rings. The van der Waals surface area contributed by atoms with Gasteiger partial charge in [-0.1, -0.05) is 84.4 Å². The van der Waals surface area contributed by atoms with Crippen molar-refractivity contribution >= 4 is 11.6 Å². The topological polar surface area (TPSA) is 12.0 Å². The highest BCUT2D eigenvalue weighted by atomic mass is 35.5. The molecule has 0 saturated heterocycles. The van der Waals surface area contributed by atoms with Crippen LogP contribution in [0.4, 0.5) is 0 Å². The van der Waals surface area contributed by atoms with Crippen molar-refractivity contribution in [3.63, 3.8) is 0 Å². The van der Waals surface area contributed by atoms with Crippen molar-refractivity contribution in [2.24, 2.45) is 0 Å². The summed E-state index contributed by atoms with van der Waals surface area (Å²) in [5.74, 6) is 0. The van der Waals surface area contributed by atoms with Gasteiger partial charge in [0.15, 0.2) is 0 Å². The largest absolute Gasteiger partial charge is 0.306 e. The smallest absolute Gasteiger partial charge is 0.0406 e. The molecule has 1 N–H and O–H groups in total. The van der Waals surface area contributed by atoms with Gasteiger partial charge in [0.25, 0.3) is 0 Å². The Kier molecular flexibility index (Phi) is 5.46. The molecule has 3 aromatic carbocycles. The standard InChI is InChI=1S/C21H20ClN/c22-20-13-11-18(12-14-20)16-23-21(19-9-5-2-6-10-19)15-17-7-3-1-4-8-17/h1-14,21,23H,15-16H2/t21-/m1/s1. The third kappa shape index (κ3) is 4.69. The van der Waals surface area contributed by atoms with Crippen LogP contribution in [-0.2, 0) is 13.0 Å². The van der Waals surface area contributed by atoms with Gasteiger partial charge in [-0.3, -0.25) is 0 Å². The molecule has 1 atom stereocenters. The Morgan fingerprint density at radius 3 is 1.96 bits per heavy atom. The van der Waals surface area contributed by atoms with Crippen LogP contribution in [0.5, 0.6) is 0 Å². The maximum absolute atomic E-state index is 5.96. The zero-order valence-corrected chi connectivity index (χ0v) is 13.7. The molecule has 0 aromatic heterocycles. The monoisotopic (exact) mass is 321 g/mol. The van der Waals surface area contributed by atoms with Crippen LogP contribution < -0.4 is 5.32 Å². The average molecular weight is 322 g/mol. The van der Waals surface area contributed by atoms with E-state index in [-0.39, 0.29) is 6.04 Å². The zero-order chi connectivity index (χ0) is 15.9. The fraction of sp³-hybridized carbons (Fsp3) is 0.143. The molecule has 0 saturated carbocycles. The summed E-state index contributed by atoms with van der Waals surface area (Å²) in [6, 6.07) is 29.5. The number of hydrogen-bond acceptors (Lipinski definition) is 1. The summed E-state index contributed by atoms with van der Waals surface area (Å²) in [5.41, 5.74) is 3.89. The lowest BCUT2D eigenvalue weighted by Gasteiger charge is -2.20. The van der Waals surface area contributed by atoms with Crippen LogP contribution in [0.1, 0.15) is 22.7 Å². The van der Waals surface area contributed by atoms with Crippen LogP contribution in [0.3, 0.4) is 0 Å². The lowest BCUT2D eigenvalue weighted by atomic mass is 9.98. The summed E-state index contributed by atoms with van der Waals surface area (Å²) < 4.78 is 0. The molecule has 2 heteroatoms. The van der Waals surface area contributed by atoms with Gasteiger partial charge < -0.3 is 5.32 Å². The highest BCUT2D eigenvalue weighted by molar-refractivity contribution is 6.30. The molecule has 1 nitrogen and oxygen atoms in total. The van der Waals surface area contributed by atoms with Gasteiger partial charge in [0.2, 0.25) is 0 Å². The molecule has 3 rings (SSSR count). The van der Waals surface area contributed by atoms with E-state index in [0.717, 1.165) is 18.0 Å². The van der Waals surface area contributed by atoms with Crippen molar-refractivity contribution in [3.05, 3.63) is 107 Å². The van der Waals surface area contributed by atoms with Gasteiger partial charge in [0.1, 0.15) is 0 Å². The van der Waals surface area contributed by atoms with Crippen molar-refractivity contribution in [2.75, 3.05) is 0 Å². The summed E-state index contributed by atoms with van der Waals surface area (Å²) in [7, 11) is 0. The van der Waals surface area contributed by atoms with E-state index in [0.29, 0.717) is 0 Å². The molecule has 0 amide bonds. The van der Waals surface area contributed by atoms with Crippen LogP contribution in [-0.4, -0.2) is 0 Å². The van der Waals surface area contributed by atoms with E-state index >= 15 is 0 Å². The Morgan fingerprint density at radius 2 is 1.30 bits per heavy atom. The Balaban J connectivity index is 1.74. The van der Waals surface area contributed by atoms with E-state index in [4.69, 9.17) is 11.6 Å². The van der Waals surface area contributed by atoms with Gasteiger partial charge in [-0.25, -0.2) is 0 Å². The predicted octanol–water partition coefficient (Wildman–Crippen LogP) is 5.41. The molecule has 116 valence electrons. The van der Waals surface area contributed by atoms with Gasteiger partial charge in [0, 0.05) is 17.6 Å². The molecule has 0 aliphatic heterocycles. The first kappa shape index (κ1) is 15.8. The van der Waals surface area contributed by atoms with E-state index in [2.05, 4.69) is 78.1 Å². The molecule has 0 heterocycles. The Hall–Kier alpha value is -2.09. The van der Waals surface area contributed by atoms with Crippen molar-refractivity contribution in [1.29, 1.82) is 0 Å². The molecule has 23 heavy (non-hydrogen) atoms. The van der Waals surface area contributed by atoms with Gasteiger partial charge in [-0.05, 0) is 35.2 Å². The summed E-state index contributed by atoms with van der Waals surface area (Å²) in [4.78, 5) is 0. The number of benzene rings is 3. The molecular weight excluding hydrogens is 302 g/mol. The lowest BCUT2D eigenvalue weighted by Crippen LogP contribution is -2.23. The summed E-state index contributed by atoms with van der Waals surface area (Å²) in [5, 5.41) is 4.45. The first-order valence-corrected chi connectivity index (χ1v) is 8.26. The van der Waals surface area contributed by atoms with Gasteiger partial charge in [-0.15, -0.1) is 0 Å². The number of halogens is 1. The number of rotatable bonds is 6. The van der Waals surface area contributed by atoms with E-state index in [1.807, 2.05) is 12.1 Å². The maximum Gasteiger partial charge on any atom is 0.0406 e. The quantitative estimate of drug-likeness (QED) is 0.639. The second-order valence-electron chi connectivity index (χ2n) is 5.66. The van der Waals surface area contributed by atoms with Crippen LogP contribution in [0.15, 0.2) is 84.9 Å². The van der Waals surface area contributed by atoms with E-state index < -0.39 is 0 Å². The van der Waals surface area contributed by atoms with Crippen LogP contribution in [0.25, 0.3) is 0 Å². The van der Waals surface area contributed by atoms with Crippen molar-refractivity contribution in [2.45, 2.75) is 19.0 Å². The molecule has 3 aromatic rings. The molecular formula is C21H20ClN. The third-order valence-corrected chi connectivity index (χ3v) is 4.20. The first-order chi connectivity index (χ1) is 11.3. The summed E-state index contributed by atoms with van der Waals surface area (Å²) in [6.45, 7) is 0.823. The van der Waals surface area contributed by atoms with Crippen molar-refractivity contribution in [1.82, 2.24) is 5.32 Å². The van der Waals surface area contributed by atoms with Gasteiger partial charge in [-0.2, -0.15) is 0 Å². The van der Waals surface area contributed by atoms with Crippen molar-refractivity contribution < 1.29 is 0 Å². The fourth-order valence-electron chi connectivity index (χ4n) is 2.69. The molecule has 0 bridgehead atoms. The molecule has 0 radical (unpaired) electrons. The first-order valence-electron chi connectivity index (χ1n) is 7.88. The van der Waals surface area contributed by atoms with E-state index in [1.165, 1.54) is 16.7 Å². The van der Waals surface area contributed by atoms with Crippen LogP contribution in [0, 0.1) is 0 Å². The zero-order valence-electron chi connectivity index (χ0n) is 13.0. The molecule has 0 spiro atoms. The van der Waals surface area contributed by atoms with E-state index in [1.54, 1.807) is 0 Å². The van der Waals surface area contributed by atoms with E-state index in [9.17, 15) is 0 Å². The Labute approximate surface area is 142 Å². The fourth-order valence-corrected chi connectivity index (χ4v) is 2.81. The second kappa shape index (κ2) is 7.96. The average Bonchev–Trinajstić information content (AvgIpc) is 2.61. The molecule has 0 aliphatic carbocycles. The number of hydrogen-bond donors (Lipinski definition) is 1. The Bertz CT molecular complexity index is 708. The second-order valence-corrected chi connectivity index (χ2v) is 6.10. The summed E-state index contributed by atoms with van der Waals surface area (Å²) in [6.07, 6.45) is 0.971. The molecule has 0 fully saturated rings. The van der Waals surface area contributed by atoms with Gasteiger partial charge in [0.05, 0.1) is 0 Å². The van der Waals surface area contributed by atoms with Crippen molar-refractivity contribution in [3.8, 4) is 0 Å². The predicted molar refractivity (Wildman–Crippen MR) is 97.6 cm³/mol. The highest BCUT2D eigenvalue weighted by Gasteiger charge is 2.11. The SMILES string of the molecule is Clc1ccc(CN[C@H](Cc2ccccc2)c2ccccc2)cc1. The summed E-state index contributed by atoms with van der Waals surface area (Å²) >= 11 is 5.96. The maximum atomic E-state index is 5.96. The van der Waals surface area contributed by atoms with Gasteiger partial charge >= 0.3 is 0 Å².